The lowest BCUT2D eigenvalue weighted by Gasteiger charge is -2.24. The number of hydrogen-bond acceptors (Lipinski definition) is 4. The summed E-state index contributed by atoms with van der Waals surface area (Å²) >= 11 is 0. The van der Waals surface area contributed by atoms with Crippen LogP contribution in [0.3, 0.4) is 0 Å². The number of ether oxygens (including phenoxy) is 2. The minimum absolute atomic E-state index is 0.121. The van der Waals surface area contributed by atoms with Crippen molar-refractivity contribution in [3.63, 3.8) is 0 Å². The van der Waals surface area contributed by atoms with Gasteiger partial charge in [0.2, 0.25) is 0 Å². The van der Waals surface area contributed by atoms with E-state index in [-0.39, 0.29) is 6.10 Å². The van der Waals surface area contributed by atoms with Crippen LogP contribution < -0.4 is 15.4 Å². The third-order valence-electron chi connectivity index (χ3n) is 2.82. The number of nitrogens with zero attached hydrogens (tertiary/aromatic N) is 1. The summed E-state index contributed by atoms with van der Waals surface area (Å²) in [7, 11) is 0. The predicted octanol–water partition coefficient (Wildman–Crippen LogP) is 2.92. The molecule has 2 N–H and O–H groups in total. The molecule has 0 aliphatic carbocycles. The summed E-state index contributed by atoms with van der Waals surface area (Å²) in [6.07, 6.45) is 0.121. The van der Waals surface area contributed by atoms with E-state index in [0.717, 1.165) is 37.7 Å². The number of nitrogens with two attached hydrogens (primary N) is 1. The van der Waals surface area contributed by atoms with Crippen molar-refractivity contribution in [2.24, 2.45) is 0 Å². The quantitative estimate of drug-likeness (QED) is 0.580. The monoisotopic (exact) mass is 266 g/mol. The van der Waals surface area contributed by atoms with E-state index in [1.54, 1.807) is 0 Å². The lowest BCUT2D eigenvalue weighted by atomic mass is 10.2. The number of benzene rings is 1. The zero-order chi connectivity index (χ0) is 14.3. The third kappa shape index (κ3) is 4.99. The van der Waals surface area contributed by atoms with E-state index in [1.807, 2.05) is 39.0 Å². The maximum Gasteiger partial charge on any atom is 0.144 e. The van der Waals surface area contributed by atoms with Gasteiger partial charge in [-0.25, -0.2) is 0 Å². The minimum Gasteiger partial charge on any atom is -0.489 e. The zero-order valence-corrected chi connectivity index (χ0v) is 12.5. The summed E-state index contributed by atoms with van der Waals surface area (Å²) in [5.41, 5.74) is 7.73. The molecule has 0 saturated carbocycles. The molecule has 0 spiro atoms. The van der Waals surface area contributed by atoms with Crippen LogP contribution in [0.25, 0.3) is 0 Å². The predicted molar refractivity (Wildman–Crippen MR) is 81.0 cm³/mol. The van der Waals surface area contributed by atoms with Crippen molar-refractivity contribution >= 4 is 11.4 Å². The van der Waals surface area contributed by atoms with Crippen LogP contribution >= 0.6 is 0 Å². The summed E-state index contributed by atoms with van der Waals surface area (Å²) in [6.45, 7) is 11.4. The van der Waals surface area contributed by atoms with Crippen molar-refractivity contribution in [3.8, 4) is 5.75 Å². The molecule has 0 fully saturated rings. The van der Waals surface area contributed by atoms with Crippen molar-refractivity contribution in [3.05, 3.63) is 18.2 Å². The van der Waals surface area contributed by atoms with Crippen molar-refractivity contribution in [1.29, 1.82) is 0 Å². The van der Waals surface area contributed by atoms with E-state index in [4.69, 9.17) is 15.2 Å². The second kappa shape index (κ2) is 7.89. The normalized spacial score (nSPS) is 10.8. The highest BCUT2D eigenvalue weighted by atomic mass is 16.5. The number of likely N-dealkylation sites (N-methyl/N-ethyl adjacent to an activating group) is 1. The van der Waals surface area contributed by atoms with Gasteiger partial charge >= 0.3 is 0 Å². The Morgan fingerprint density at radius 2 is 2.00 bits per heavy atom. The van der Waals surface area contributed by atoms with E-state index in [0.29, 0.717) is 5.69 Å². The summed E-state index contributed by atoms with van der Waals surface area (Å²) < 4.78 is 11.1. The van der Waals surface area contributed by atoms with Crippen molar-refractivity contribution in [2.75, 3.05) is 36.9 Å². The van der Waals surface area contributed by atoms with Gasteiger partial charge < -0.3 is 20.1 Å². The van der Waals surface area contributed by atoms with Gasteiger partial charge in [0.15, 0.2) is 0 Å². The van der Waals surface area contributed by atoms with Crippen LogP contribution in [0.2, 0.25) is 0 Å². The SMILES string of the molecule is CCOCCN(CC)c1ccc(N)c(OC(C)C)c1. The number of rotatable bonds is 8. The van der Waals surface area contributed by atoms with Crippen molar-refractivity contribution in [2.45, 2.75) is 33.8 Å². The van der Waals surface area contributed by atoms with Crippen molar-refractivity contribution < 1.29 is 9.47 Å². The Morgan fingerprint density at radius 3 is 2.58 bits per heavy atom. The van der Waals surface area contributed by atoms with Gasteiger partial charge in [-0.2, -0.15) is 0 Å². The Bertz CT molecular complexity index is 380. The van der Waals surface area contributed by atoms with Crippen LogP contribution in [-0.4, -0.2) is 32.4 Å². The van der Waals surface area contributed by atoms with Crippen LogP contribution in [0, 0.1) is 0 Å². The Labute approximate surface area is 116 Å². The Hall–Kier alpha value is -1.42. The number of nitrogen functional groups attached to an aromatic ring is 1. The van der Waals surface area contributed by atoms with E-state index >= 15 is 0 Å². The topological polar surface area (TPSA) is 47.7 Å². The molecule has 0 amide bonds. The molecule has 108 valence electrons. The first-order chi connectivity index (χ1) is 9.08. The molecule has 0 aromatic heterocycles. The maximum absolute atomic E-state index is 5.93. The van der Waals surface area contributed by atoms with E-state index in [2.05, 4.69) is 11.8 Å². The third-order valence-corrected chi connectivity index (χ3v) is 2.82. The Balaban J connectivity index is 2.79. The molecule has 4 nitrogen and oxygen atoms in total. The highest BCUT2D eigenvalue weighted by molar-refractivity contribution is 5.62. The molecule has 1 aromatic rings. The van der Waals surface area contributed by atoms with Crippen LogP contribution in [0.15, 0.2) is 18.2 Å². The molecule has 1 rings (SSSR count). The van der Waals surface area contributed by atoms with Gasteiger partial charge in [0.25, 0.3) is 0 Å². The summed E-state index contributed by atoms with van der Waals surface area (Å²) in [4.78, 5) is 2.25. The highest BCUT2D eigenvalue weighted by Crippen LogP contribution is 2.28. The van der Waals surface area contributed by atoms with Gasteiger partial charge in [-0.1, -0.05) is 0 Å². The molecule has 1 aromatic carbocycles. The Kier molecular flexibility index (Phi) is 6.50. The van der Waals surface area contributed by atoms with E-state index in [1.165, 1.54) is 0 Å². The molecule has 0 heterocycles. The summed E-state index contributed by atoms with van der Waals surface area (Å²) in [5, 5.41) is 0. The molecule has 0 aliphatic rings. The molecule has 0 radical (unpaired) electrons. The van der Waals surface area contributed by atoms with Crippen molar-refractivity contribution in [1.82, 2.24) is 0 Å². The standard InChI is InChI=1S/C15H26N2O2/c1-5-17(9-10-18-6-2)13-7-8-14(16)15(11-13)19-12(3)4/h7-8,11-12H,5-6,9-10,16H2,1-4H3. The maximum atomic E-state index is 5.93. The first-order valence-electron chi connectivity index (χ1n) is 6.97. The van der Waals surface area contributed by atoms with Gasteiger partial charge in [0.1, 0.15) is 5.75 Å². The molecule has 4 heteroatoms. The average molecular weight is 266 g/mol. The first kappa shape index (κ1) is 15.6. The van der Waals surface area contributed by atoms with Crippen LogP contribution in [0.5, 0.6) is 5.75 Å². The van der Waals surface area contributed by atoms with Crippen LogP contribution in [0.1, 0.15) is 27.7 Å². The largest absolute Gasteiger partial charge is 0.489 e. The van der Waals surface area contributed by atoms with Gasteiger partial charge in [0, 0.05) is 31.5 Å². The summed E-state index contributed by atoms with van der Waals surface area (Å²) in [6, 6.07) is 5.93. The molecular formula is C15H26N2O2. The number of anilines is 2. The number of hydrogen-bond donors (Lipinski definition) is 1. The van der Waals surface area contributed by atoms with E-state index < -0.39 is 0 Å². The van der Waals surface area contributed by atoms with Gasteiger partial charge in [-0.05, 0) is 39.8 Å². The van der Waals surface area contributed by atoms with Gasteiger partial charge in [-0.3, -0.25) is 0 Å². The molecule has 19 heavy (non-hydrogen) atoms. The molecule has 0 saturated heterocycles. The molecule has 0 atom stereocenters. The zero-order valence-electron chi connectivity index (χ0n) is 12.5. The smallest absolute Gasteiger partial charge is 0.144 e. The summed E-state index contributed by atoms with van der Waals surface area (Å²) in [5.74, 6) is 0.752. The van der Waals surface area contributed by atoms with Gasteiger partial charge in [-0.15, -0.1) is 0 Å². The molecular weight excluding hydrogens is 240 g/mol. The fourth-order valence-electron chi connectivity index (χ4n) is 1.86. The molecule has 0 unspecified atom stereocenters. The van der Waals surface area contributed by atoms with Crippen LogP contribution in [-0.2, 0) is 4.74 Å². The molecule has 0 bridgehead atoms. The second-order valence-electron chi connectivity index (χ2n) is 4.67. The minimum atomic E-state index is 0.121. The fraction of sp³-hybridized carbons (Fsp3) is 0.600. The Morgan fingerprint density at radius 1 is 1.26 bits per heavy atom. The lowest BCUT2D eigenvalue weighted by molar-refractivity contribution is 0.154. The highest BCUT2D eigenvalue weighted by Gasteiger charge is 2.09. The van der Waals surface area contributed by atoms with Gasteiger partial charge in [0.05, 0.1) is 18.4 Å². The van der Waals surface area contributed by atoms with E-state index in [9.17, 15) is 0 Å². The van der Waals surface area contributed by atoms with Crippen LogP contribution in [0.4, 0.5) is 11.4 Å². The second-order valence-corrected chi connectivity index (χ2v) is 4.67. The lowest BCUT2D eigenvalue weighted by Crippen LogP contribution is -2.27. The fourth-order valence-corrected chi connectivity index (χ4v) is 1.86. The average Bonchev–Trinajstić information content (AvgIpc) is 2.37. The first-order valence-corrected chi connectivity index (χ1v) is 6.97. The molecule has 0 aliphatic heterocycles.